The second-order valence-electron chi connectivity index (χ2n) is 10.3. The van der Waals surface area contributed by atoms with Crippen molar-refractivity contribution < 1.29 is 4.74 Å². The highest BCUT2D eigenvalue weighted by molar-refractivity contribution is 5.78. The van der Waals surface area contributed by atoms with Crippen molar-refractivity contribution in [2.75, 3.05) is 11.9 Å². The van der Waals surface area contributed by atoms with Gasteiger partial charge >= 0.3 is 0 Å². The number of ether oxygens (including phenoxy) is 1. The Bertz CT molecular complexity index is 1080. The number of nitrogens with one attached hydrogen (secondary N) is 1. The summed E-state index contributed by atoms with van der Waals surface area (Å²) in [6, 6.07) is 15.6. The molecule has 0 aliphatic carbocycles. The molecule has 0 saturated carbocycles. The highest BCUT2D eigenvalue weighted by Gasteiger charge is 2.39. The van der Waals surface area contributed by atoms with Crippen LogP contribution in [0.1, 0.15) is 46.1 Å². The molecule has 2 aromatic carbocycles. The second-order valence-corrected chi connectivity index (χ2v) is 10.3. The lowest BCUT2D eigenvalue weighted by Crippen LogP contribution is -2.61. The summed E-state index contributed by atoms with van der Waals surface area (Å²) in [5.74, 6) is 0.920. The third-order valence-electron chi connectivity index (χ3n) is 6.62. The highest BCUT2D eigenvalue weighted by Crippen LogP contribution is 2.41. The van der Waals surface area contributed by atoms with Crippen LogP contribution < -0.4 is 15.0 Å². The standard InChI is InChI=1S/C26H32N4O/c1-25(2)15-21(16-26(3,4)28-25)29(5)19-7-9-22-18(13-19)17-31-24-14-20(8-10-23(22)24)30-12-6-11-27-30/h6-14,21,28H,15-17H2,1-5H3. The van der Waals surface area contributed by atoms with E-state index in [2.05, 4.69) is 86.5 Å². The first-order chi connectivity index (χ1) is 14.7. The lowest BCUT2D eigenvalue weighted by atomic mass is 9.79. The lowest BCUT2D eigenvalue weighted by Gasteiger charge is -2.49. The minimum atomic E-state index is 0.128. The fraction of sp³-hybridized carbons (Fsp3) is 0.423. The first kappa shape index (κ1) is 20.1. The Balaban J connectivity index is 1.43. The normalized spacial score (nSPS) is 19.3. The maximum absolute atomic E-state index is 6.17. The molecule has 1 N–H and O–H groups in total. The molecule has 5 nitrogen and oxygen atoms in total. The number of anilines is 1. The average Bonchev–Trinajstić information content (AvgIpc) is 3.25. The molecule has 2 aliphatic heterocycles. The molecule has 0 unspecified atom stereocenters. The molecule has 0 radical (unpaired) electrons. The quantitative estimate of drug-likeness (QED) is 0.639. The monoisotopic (exact) mass is 416 g/mol. The van der Waals surface area contributed by atoms with Crippen LogP contribution in [0.2, 0.25) is 0 Å². The molecule has 0 atom stereocenters. The van der Waals surface area contributed by atoms with Crippen LogP contribution in [-0.2, 0) is 6.61 Å². The molecule has 3 aromatic rings. The maximum atomic E-state index is 6.17. The third kappa shape index (κ3) is 3.83. The zero-order chi connectivity index (χ0) is 21.8. The Labute approximate surface area is 185 Å². The van der Waals surface area contributed by atoms with Crippen LogP contribution in [0.15, 0.2) is 54.9 Å². The van der Waals surface area contributed by atoms with E-state index >= 15 is 0 Å². The molecule has 162 valence electrons. The third-order valence-corrected chi connectivity index (χ3v) is 6.62. The van der Waals surface area contributed by atoms with Gasteiger partial charge < -0.3 is 15.0 Å². The van der Waals surface area contributed by atoms with Crippen molar-refractivity contribution in [3.8, 4) is 22.6 Å². The van der Waals surface area contributed by atoms with Gasteiger partial charge in [0.15, 0.2) is 0 Å². The largest absolute Gasteiger partial charge is 0.488 e. The number of fused-ring (bicyclic) bond motifs is 3. The lowest BCUT2D eigenvalue weighted by molar-refractivity contribution is 0.161. The first-order valence-corrected chi connectivity index (χ1v) is 11.1. The molecule has 1 saturated heterocycles. The van der Waals surface area contributed by atoms with Gasteiger partial charge in [-0.25, -0.2) is 4.68 Å². The molecule has 2 aliphatic rings. The van der Waals surface area contributed by atoms with Crippen molar-refractivity contribution in [2.24, 2.45) is 0 Å². The number of hydrogen-bond donors (Lipinski definition) is 1. The van der Waals surface area contributed by atoms with E-state index in [1.54, 1.807) is 6.20 Å². The predicted molar refractivity (Wildman–Crippen MR) is 126 cm³/mol. The van der Waals surface area contributed by atoms with Gasteiger partial charge in [-0.1, -0.05) is 6.07 Å². The molecular weight excluding hydrogens is 384 g/mol. The fourth-order valence-electron chi connectivity index (χ4n) is 5.51. The summed E-state index contributed by atoms with van der Waals surface area (Å²) in [6.45, 7) is 9.83. The van der Waals surface area contributed by atoms with Gasteiger partial charge in [-0.05, 0) is 82.0 Å². The number of hydrogen-bond acceptors (Lipinski definition) is 4. The van der Waals surface area contributed by atoms with Gasteiger partial charge in [-0.3, -0.25) is 0 Å². The number of aromatic nitrogens is 2. The Hall–Kier alpha value is -2.79. The first-order valence-electron chi connectivity index (χ1n) is 11.1. The summed E-state index contributed by atoms with van der Waals surface area (Å²) < 4.78 is 8.03. The van der Waals surface area contributed by atoms with E-state index in [-0.39, 0.29) is 11.1 Å². The molecule has 5 heteroatoms. The number of benzene rings is 2. The smallest absolute Gasteiger partial charge is 0.129 e. The molecule has 3 heterocycles. The summed E-state index contributed by atoms with van der Waals surface area (Å²) in [7, 11) is 2.23. The minimum absolute atomic E-state index is 0.128. The predicted octanol–water partition coefficient (Wildman–Crippen LogP) is 5.18. The molecule has 0 bridgehead atoms. The van der Waals surface area contributed by atoms with Crippen molar-refractivity contribution in [3.63, 3.8) is 0 Å². The van der Waals surface area contributed by atoms with Gasteiger partial charge in [-0.15, -0.1) is 0 Å². The minimum Gasteiger partial charge on any atom is -0.488 e. The Morgan fingerprint density at radius 3 is 2.48 bits per heavy atom. The summed E-state index contributed by atoms with van der Waals surface area (Å²) in [6.07, 6.45) is 5.99. The van der Waals surface area contributed by atoms with Gasteiger partial charge in [0.2, 0.25) is 0 Å². The van der Waals surface area contributed by atoms with Crippen molar-refractivity contribution in [1.29, 1.82) is 0 Å². The fourth-order valence-corrected chi connectivity index (χ4v) is 5.51. The zero-order valence-corrected chi connectivity index (χ0v) is 19.1. The van der Waals surface area contributed by atoms with E-state index in [9.17, 15) is 0 Å². The van der Waals surface area contributed by atoms with Gasteiger partial charge in [0.1, 0.15) is 12.4 Å². The van der Waals surface area contributed by atoms with Crippen LogP contribution in [0, 0.1) is 0 Å². The molecule has 0 spiro atoms. The van der Waals surface area contributed by atoms with Crippen molar-refractivity contribution in [3.05, 3.63) is 60.4 Å². The van der Waals surface area contributed by atoms with E-state index in [0.717, 1.165) is 29.8 Å². The van der Waals surface area contributed by atoms with Crippen LogP contribution in [0.5, 0.6) is 5.75 Å². The summed E-state index contributed by atoms with van der Waals surface area (Å²) >= 11 is 0. The number of piperidine rings is 1. The molecule has 1 aromatic heterocycles. The van der Waals surface area contributed by atoms with E-state index in [0.29, 0.717) is 12.6 Å². The molecule has 31 heavy (non-hydrogen) atoms. The summed E-state index contributed by atoms with van der Waals surface area (Å²) in [5.41, 5.74) is 6.19. The highest BCUT2D eigenvalue weighted by atomic mass is 16.5. The summed E-state index contributed by atoms with van der Waals surface area (Å²) in [4.78, 5) is 2.46. The Kier molecular flexibility index (Phi) is 4.63. The van der Waals surface area contributed by atoms with Crippen LogP contribution >= 0.6 is 0 Å². The van der Waals surface area contributed by atoms with Crippen LogP contribution in [0.4, 0.5) is 5.69 Å². The topological polar surface area (TPSA) is 42.3 Å². The van der Waals surface area contributed by atoms with E-state index in [1.165, 1.54) is 16.8 Å². The zero-order valence-electron chi connectivity index (χ0n) is 19.1. The second kappa shape index (κ2) is 7.13. The molecule has 0 amide bonds. The van der Waals surface area contributed by atoms with Crippen LogP contribution in [0.3, 0.4) is 0 Å². The Morgan fingerprint density at radius 2 is 1.77 bits per heavy atom. The van der Waals surface area contributed by atoms with Gasteiger partial charge in [0.25, 0.3) is 0 Å². The van der Waals surface area contributed by atoms with Crippen molar-refractivity contribution in [1.82, 2.24) is 15.1 Å². The van der Waals surface area contributed by atoms with E-state index < -0.39 is 0 Å². The number of nitrogens with zero attached hydrogens (tertiary/aromatic N) is 3. The van der Waals surface area contributed by atoms with Gasteiger partial charge in [0.05, 0.1) is 5.69 Å². The van der Waals surface area contributed by atoms with E-state index in [4.69, 9.17) is 4.74 Å². The molecule has 1 fully saturated rings. The molecule has 5 rings (SSSR count). The number of rotatable bonds is 3. The van der Waals surface area contributed by atoms with Crippen molar-refractivity contribution in [2.45, 2.75) is 64.3 Å². The van der Waals surface area contributed by atoms with Crippen LogP contribution in [-0.4, -0.2) is 33.9 Å². The maximum Gasteiger partial charge on any atom is 0.129 e. The molecular formula is C26H32N4O. The van der Waals surface area contributed by atoms with Crippen molar-refractivity contribution >= 4 is 5.69 Å². The van der Waals surface area contributed by atoms with E-state index in [1.807, 2.05) is 16.9 Å². The SMILES string of the molecule is CN(c1ccc2c(c1)COc1cc(-n3cccn3)ccc1-2)C1CC(C)(C)NC(C)(C)C1. The van der Waals surface area contributed by atoms with Gasteiger partial charge in [0, 0.05) is 53.9 Å². The Morgan fingerprint density at radius 1 is 1.03 bits per heavy atom. The summed E-state index contributed by atoms with van der Waals surface area (Å²) in [5, 5.41) is 8.12. The average molecular weight is 417 g/mol. The van der Waals surface area contributed by atoms with Crippen LogP contribution in [0.25, 0.3) is 16.8 Å². The van der Waals surface area contributed by atoms with Gasteiger partial charge in [-0.2, -0.15) is 5.10 Å².